The number of tetrazole rings is 1. The van der Waals surface area contributed by atoms with Gasteiger partial charge < -0.3 is 0 Å². The number of thioether (sulfide) groups is 1. The van der Waals surface area contributed by atoms with E-state index in [4.69, 9.17) is 0 Å². The molecule has 0 N–H and O–H groups in total. The SMILES string of the molecule is Cc1nn(-c2ccccc2)c(CSc2nnnn2C)c1C#N. The van der Waals surface area contributed by atoms with E-state index >= 15 is 0 Å². The van der Waals surface area contributed by atoms with Crippen molar-refractivity contribution in [3.63, 3.8) is 0 Å². The first-order chi connectivity index (χ1) is 10.7. The molecule has 0 saturated heterocycles. The van der Waals surface area contributed by atoms with Crippen molar-refractivity contribution in [3.05, 3.63) is 47.3 Å². The van der Waals surface area contributed by atoms with Gasteiger partial charge in [0.2, 0.25) is 5.16 Å². The van der Waals surface area contributed by atoms with E-state index in [9.17, 15) is 5.26 Å². The van der Waals surface area contributed by atoms with Crippen LogP contribution in [0, 0.1) is 18.3 Å². The van der Waals surface area contributed by atoms with E-state index in [1.54, 1.807) is 11.7 Å². The van der Waals surface area contributed by atoms with Crippen LogP contribution in [-0.4, -0.2) is 30.0 Å². The van der Waals surface area contributed by atoms with Crippen LogP contribution in [0.1, 0.15) is 17.0 Å². The van der Waals surface area contributed by atoms with Crippen LogP contribution < -0.4 is 0 Å². The monoisotopic (exact) mass is 311 g/mol. The third-order valence-electron chi connectivity index (χ3n) is 3.19. The lowest BCUT2D eigenvalue weighted by molar-refractivity contribution is 0.664. The number of hydrogen-bond acceptors (Lipinski definition) is 6. The van der Waals surface area contributed by atoms with Gasteiger partial charge in [0.25, 0.3) is 0 Å². The maximum atomic E-state index is 9.41. The summed E-state index contributed by atoms with van der Waals surface area (Å²) < 4.78 is 3.41. The molecule has 0 unspecified atom stereocenters. The minimum Gasteiger partial charge on any atom is -0.235 e. The lowest BCUT2D eigenvalue weighted by Gasteiger charge is -2.07. The minimum atomic E-state index is 0.562. The highest BCUT2D eigenvalue weighted by molar-refractivity contribution is 7.98. The number of hydrogen-bond donors (Lipinski definition) is 0. The smallest absolute Gasteiger partial charge is 0.209 e. The van der Waals surface area contributed by atoms with Gasteiger partial charge in [0, 0.05) is 12.8 Å². The van der Waals surface area contributed by atoms with Gasteiger partial charge in [-0.15, -0.1) is 5.10 Å². The molecule has 2 heterocycles. The molecular formula is C14H13N7S. The maximum Gasteiger partial charge on any atom is 0.209 e. The van der Waals surface area contributed by atoms with Crippen molar-refractivity contribution >= 4 is 11.8 Å². The molecule has 3 rings (SSSR count). The molecule has 0 fully saturated rings. The van der Waals surface area contributed by atoms with Gasteiger partial charge in [0.15, 0.2) is 0 Å². The van der Waals surface area contributed by atoms with E-state index in [2.05, 4.69) is 26.7 Å². The maximum absolute atomic E-state index is 9.41. The fourth-order valence-corrected chi connectivity index (χ4v) is 2.96. The lowest BCUT2D eigenvalue weighted by atomic mass is 10.2. The topological polar surface area (TPSA) is 85.2 Å². The van der Waals surface area contributed by atoms with Crippen molar-refractivity contribution in [3.8, 4) is 11.8 Å². The van der Waals surface area contributed by atoms with Crippen molar-refractivity contribution in [2.75, 3.05) is 0 Å². The molecule has 0 aliphatic rings. The van der Waals surface area contributed by atoms with Crippen LogP contribution in [0.25, 0.3) is 5.69 Å². The van der Waals surface area contributed by atoms with Crippen molar-refractivity contribution < 1.29 is 0 Å². The van der Waals surface area contributed by atoms with E-state index in [0.717, 1.165) is 17.1 Å². The van der Waals surface area contributed by atoms with Crippen LogP contribution in [0.4, 0.5) is 0 Å². The van der Waals surface area contributed by atoms with Gasteiger partial charge in [-0.2, -0.15) is 10.4 Å². The Morgan fingerprint density at radius 2 is 2.05 bits per heavy atom. The zero-order valence-corrected chi connectivity index (χ0v) is 12.9. The van der Waals surface area contributed by atoms with Gasteiger partial charge in [0.05, 0.1) is 22.6 Å². The highest BCUT2D eigenvalue weighted by Gasteiger charge is 2.17. The highest BCUT2D eigenvalue weighted by Crippen LogP contribution is 2.25. The summed E-state index contributed by atoms with van der Waals surface area (Å²) in [5, 5.41) is 26.0. The summed E-state index contributed by atoms with van der Waals surface area (Å²) in [6.07, 6.45) is 0. The van der Waals surface area contributed by atoms with Crippen LogP contribution in [0.2, 0.25) is 0 Å². The van der Waals surface area contributed by atoms with Crippen LogP contribution in [0.3, 0.4) is 0 Å². The first-order valence-corrected chi connectivity index (χ1v) is 7.58. The largest absolute Gasteiger partial charge is 0.235 e. The third-order valence-corrected chi connectivity index (χ3v) is 4.21. The summed E-state index contributed by atoms with van der Waals surface area (Å²) in [7, 11) is 1.79. The summed E-state index contributed by atoms with van der Waals surface area (Å²) in [5.74, 6) is 0.562. The number of aryl methyl sites for hydroxylation is 2. The predicted molar refractivity (Wildman–Crippen MR) is 81.4 cm³/mol. The second-order valence-electron chi connectivity index (χ2n) is 4.64. The molecule has 0 radical (unpaired) electrons. The summed E-state index contributed by atoms with van der Waals surface area (Å²) in [5.41, 5.74) is 3.10. The second-order valence-corrected chi connectivity index (χ2v) is 5.58. The Kier molecular flexibility index (Phi) is 3.89. The van der Waals surface area contributed by atoms with Crippen molar-refractivity contribution in [1.82, 2.24) is 30.0 Å². The van der Waals surface area contributed by atoms with Gasteiger partial charge in [-0.1, -0.05) is 30.0 Å². The Labute approximate surface area is 131 Å². The van der Waals surface area contributed by atoms with Crippen molar-refractivity contribution in [2.45, 2.75) is 17.8 Å². The molecule has 22 heavy (non-hydrogen) atoms. The van der Waals surface area contributed by atoms with Crippen LogP contribution in [0.5, 0.6) is 0 Å². The molecule has 2 aromatic heterocycles. The number of para-hydroxylation sites is 1. The van der Waals surface area contributed by atoms with Gasteiger partial charge in [0.1, 0.15) is 6.07 Å². The van der Waals surface area contributed by atoms with Crippen molar-refractivity contribution in [2.24, 2.45) is 7.05 Å². The number of benzene rings is 1. The van der Waals surface area contributed by atoms with Gasteiger partial charge in [-0.25, -0.2) is 9.36 Å². The standard InChI is InChI=1S/C14H13N7S/c1-10-12(8-15)13(9-22-14-16-18-19-20(14)2)21(17-10)11-6-4-3-5-7-11/h3-7H,9H2,1-2H3. The summed E-state index contributed by atoms with van der Waals surface area (Å²) in [6, 6.07) is 12.0. The van der Waals surface area contributed by atoms with Crippen LogP contribution in [0.15, 0.2) is 35.5 Å². The third kappa shape index (κ3) is 2.58. The Balaban J connectivity index is 1.98. The van der Waals surface area contributed by atoms with Crippen molar-refractivity contribution in [1.29, 1.82) is 5.26 Å². The predicted octanol–water partition coefficient (Wildman–Crippen LogP) is 1.87. The molecule has 0 atom stereocenters. The molecule has 0 amide bonds. The Morgan fingerprint density at radius 3 is 2.68 bits per heavy atom. The molecule has 3 aromatic rings. The van der Waals surface area contributed by atoms with E-state index in [1.807, 2.05) is 41.9 Å². The molecule has 0 saturated carbocycles. The zero-order valence-electron chi connectivity index (χ0n) is 12.1. The molecule has 8 heteroatoms. The average molecular weight is 311 g/mol. The fraction of sp³-hybridized carbons (Fsp3) is 0.214. The number of aromatic nitrogens is 6. The molecule has 7 nitrogen and oxygen atoms in total. The average Bonchev–Trinajstić information content (AvgIpc) is 3.09. The van der Waals surface area contributed by atoms with Gasteiger partial charge >= 0.3 is 0 Å². The Morgan fingerprint density at radius 1 is 1.27 bits per heavy atom. The molecule has 110 valence electrons. The second kappa shape index (κ2) is 5.99. The molecule has 1 aromatic carbocycles. The molecule has 0 bridgehead atoms. The molecular weight excluding hydrogens is 298 g/mol. The summed E-state index contributed by atoms with van der Waals surface area (Å²) in [6.45, 7) is 1.84. The van der Waals surface area contributed by atoms with Gasteiger partial charge in [-0.05, 0) is 29.5 Å². The number of nitrogens with zero attached hydrogens (tertiary/aromatic N) is 7. The summed E-state index contributed by atoms with van der Waals surface area (Å²) in [4.78, 5) is 0. The van der Waals surface area contributed by atoms with E-state index in [-0.39, 0.29) is 0 Å². The van der Waals surface area contributed by atoms with E-state index in [0.29, 0.717) is 16.5 Å². The van der Waals surface area contributed by atoms with E-state index in [1.165, 1.54) is 11.8 Å². The highest BCUT2D eigenvalue weighted by atomic mass is 32.2. The van der Waals surface area contributed by atoms with E-state index < -0.39 is 0 Å². The first-order valence-electron chi connectivity index (χ1n) is 6.60. The minimum absolute atomic E-state index is 0.562. The fourth-order valence-electron chi connectivity index (χ4n) is 2.11. The zero-order chi connectivity index (χ0) is 15.5. The Bertz CT molecular complexity index is 829. The summed E-state index contributed by atoms with van der Waals surface area (Å²) >= 11 is 1.47. The van der Waals surface area contributed by atoms with Gasteiger partial charge in [-0.3, -0.25) is 0 Å². The lowest BCUT2D eigenvalue weighted by Crippen LogP contribution is -2.02. The molecule has 0 aliphatic heterocycles. The first kappa shape index (κ1) is 14.3. The van der Waals surface area contributed by atoms with Crippen LogP contribution >= 0.6 is 11.8 Å². The Hall–Kier alpha value is -2.66. The normalized spacial score (nSPS) is 10.6. The van der Waals surface area contributed by atoms with Crippen LogP contribution in [-0.2, 0) is 12.8 Å². The number of nitriles is 1. The molecule has 0 aliphatic carbocycles. The number of rotatable bonds is 4. The molecule has 0 spiro atoms. The quantitative estimate of drug-likeness (QED) is 0.684.